The van der Waals surface area contributed by atoms with Gasteiger partial charge in [0, 0.05) is 16.8 Å². The number of carbonyl (C=O) groups is 1. The van der Waals surface area contributed by atoms with Crippen LogP contribution in [-0.2, 0) is 6.61 Å². The summed E-state index contributed by atoms with van der Waals surface area (Å²) < 4.78 is 11.9. The number of thiocarbonyl (C=S) groups is 1. The van der Waals surface area contributed by atoms with Gasteiger partial charge < -0.3 is 14.5 Å². The van der Waals surface area contributed by atoms with Gasteiger partial charge in [-0.3, -0.25) is 10.1 Å². The van der Waals surface area contributed by atoms with Crippen molar-refractivity contribution >= 4 is 40.0 Å². The zero-order valence-corrected chi connectivity index (χ0v) is 22.2. The van der Waals surface area contributed by atoms with Crippen molar-refractivity contribution in [2.45, 2.75) is 27.4 Å². The molecule has 38 heavy (non-hydrogen) atoms. The lowest BCUT2D eigenvalue weighted by molar-refractivity contribution is 0.0977. The number of benzene rings is 4. The molecular weight excluding hydrogens is 494 g/mol. The third kappa shape index (κ3) is 5.74. The van der Waals surface area contributed by atoms with Crippen LogP contribution in [0.25, 0.3) is 22.6 Å². The van der Waals surface area contributed by atoms with Gasteiger partial charge in [0.2, 0.25) is 5.89 Å². The monoisotopic (exact) mass is 521 g/mol. The summed E-state index contributed by atoms with van der Waals surface area (Å²) in [6.07, 6.45) is 0. The Morgan fingerprint density at radius 3 is 2.55 bits per heavy atom. The highest BCUT2D eigenvalue weighted by Crippen LogP contribution is 2.30. The van der Waals surface area contributed by atoms with Gasteiger partial charge in [0.15, 0.2) is 10.7 Å². The summed E-state index contributed by atoms with van der Waals surface area (Å²) in [7, 11) is 0. The number of anilines is 1. The second-order valence-electron chi connectivity index (χ2n) is 9.19. The quantitative estimate of drug-likeness (QED) is 0.232. The van der Waals surface area contributed by atoms with E-state index in [1.807, 2.05) is 81.4 Å². The number of nitrogens with one attached hydrogen (secondary N) is 2. The van der Waals surface area contributed by atoms with E-state index in [2.05, 4.69) is 21.7 Å². The van der Waals surface area contributed by atoms with Gasteiger partial charge in [0.1, 0.15) is 17.9 Å². The molecule has 0 bridgehead atoms. The SMILES string of the molecule is Cc1cc(C)c2oc(-c3ccc(C)c(NC(=S)NC(=O)c4cccc(OCc5ccccc5)c4)c3)nc2c1. The second-order valence-corrected chi connectivity index (χ2v) is 9.60. The maximum Gasteiger partial charge on any atom is 0.257 e. The molecule has 1 amide bonds. The Labute approximate surface area is 226 Å². The number of aryl methyl sites for hydroxylation is 3. The number of fused-ring (bicyclic) bond motifs is 1. The highest BCUT2D eigenvalue weighted by Gasteiger charge is 2.14. The van der Waals surface area contributed by atoms with Crippen LogP contribution < -0.4 is 15.4 Å². The molecule has 4 aromatic carbocycles. The van der Waals surface area contributed by atoms with Gasteiger partial charge in [-0.15, -0.1) is 0 Å². The van der Waals surface area contributed by atoms with Gasteiger partial charge in [0.25, 0.3) is 5.91 Å². The normalized spacial score (nSPS) is 10.8. The van der Waals surface area contributed by atoms with Crippen LogP contribution in [0.15, 0.2) is 89.3 Å². The summed E-state index contributed by atoms with van der Waals surface area (Å²) in [6.45, 7) is 6.43. The predicted octanol–water partition coefficient (Wildman–Crippen LogP) is 7.13. The van der Waals surface area contributed by atoms with Crippen LogP contribution in [0.3, 0.4) is 0 Å². The Morgan fingerprint density at radius 2 is 1.74 bits per heavy atom. The molecule has 0 fully saturated rings. The molecule has 1 aromatic heterocycles. The van der Waals surface area contributed by atoms with E-state index in [1.165, 1.54) is 0 Å². The van der Waals surface area contributed by atoms with Gasteiger partial charge in [-0.1, -0.05) is 48.5 Å². The van der Waals surface area contributed by atoms with Crippen molar-refractivity contribution in [1.82, 2.24) is 10.3 Å². The molecule has 0 spiro atoms. The van der Waals surface area contributed by atoms with Crippen LogP contribution in [0.4, 0.5) is 5.69 Å². The van der Waals surface area contributed by atoms with E-state index in [0.717, 1.165) is 44.6 Å². The summed E-state index contributed by atoms with van der Waals surface area (Å²) >= 11 is 5.45. The maximum absolute atomic E-state index is 12.9. The standard InChI is InChI=1S/C31H27N3O3S/c1-19-14-21(3)28-27(15-19)32-30(37-28)24-13-12-20(2)26(17-24)33-31(38)34-29(35)23-10-7-11-25(16-23)36-18-22-8-5-4-6-9-22/h4-17H,18H2,1-3H3,(H2,33,34,35,38). The Hall–Kier alpha value is -4.49. The van der Waals surface area contributed by atoms with E-state index >= 15 is 0 Å². The molecule has 0 unspecified atom stereocenters. The van der Waals surface area contributed by atoms with Crippen molar-refractivity contribution in [1.29, 1.82) is 0 Å². The van der Waals surface area contributed by atoms with Crippen LogP contribution in [0.1, 0.15) is 32.6 Å². The second kappa shape index (κ2) is 10.9. The maximum atomic E-state index is 12.9. The van der Waals surface area contributed by atoms with Crippen molar-refractivity contribution in [3.63, 3.8) is 0 Å². The van der Waals surface area contributed by atoms with Crippen molar-refractivity contribution in [3.05, 3.63) is 113 Å². The highest BCUT2D eigenvalue weighted by molar-refractivity contribution is 7.80. The van der Waals surface area contributed by atoms with E-state index in [9.17, 15) is 4.79 Å². The number of amides is 1. The summed E-state index contributed by atoms with van der Waals surface area (Å²) in [6, 6.07) is 26.8. The summed E-state index contributed by atoms with van der Waals surface area (Å²) in [4.78, 5) is 17.6. The average Bonchev–Trinajstić information content (AvgIpc) is 3.34. The molecule has 2 N–H and O–H groups in total. The number of oxazole rings is 1. The number of rotatable bonds is 6. The molecule has 0 saturated carbocycles. The highest BCUT2D eigenvalue weighted by atomic mass is 32.1. The first-order valence-corrected chi connectivity index (χ1v) is 12.6. The minimum Gasteiger partial charge on any atom is -0.489 e. The molecule has 6 nitrogen and oxygen atoms in total. The van der Waals surface area contributed by atoms with Crippen molar-refractivity contribution in [3.8, 4) is 17.2 Å². The summed E-state index contributed by atoms with van der Waals surface area (Å²) in [5.41, 5.74) is 7.80. The molecule has 7 heteroatoms. The lowest BCUT2D eigenvalue weighted by atomic mass is 10.1. The Kier molecular flexibility index (Phi) is 7.20. The Morgan fingerprint density at radius 1 is 0.921 bits per heavy atom. The molecule has 0 saturated heterocycles. The lowest BCUT2D eigenvalue weighted by Gasteiger charge is -2.13. The number of hydrogen-bond donors (Lipinski definition) is 2. The van der Waals surface area contributed by atoms with Gasteiger partial charge in [0.05, 0.1) is 0 Å². The smallest absolute Gasteiger partial charge is 0.257 e. The first-order valence-electron chi connectivity index (χ1n) is 12.2. The largest absolute Gasteiger partial charge is 0.489 e. The predicted molar refractivity (Wildman–Crippen MR) is 155 cm³/mol. The number of carbonyl (C=O) groups excluding carboxylic acids is 1. The Balaban J connectivity index is 1.27. The fraction of sp³-hybridized carbons (Fsp3) is 0.129. The number of aromatic nitrogens is 1. The zero-order valence-electron chi connectivity index (χ0n) is 21.4. The minimum atomic E-state index is -0.328. The Bertz CT molecular complexity index is 1640. The molecule has 0 aliphatic rings. The van der Waals surface area contributed by atoms with Gasteiger partial charge in [-0.05, 0) is 91.6 Å². The molecule has 190 valence electrons. The summed E-state index contributed by atoms with van der Waals surface area (Å²) in [5, 5.41) is 6.08. The molecule has 0 radical (unpaired) electrons. The molecule has 0 atom stereocenters. The molecule has 0 aliphatic carbocycles. The number of hydrogen-bond acceptors (Lipinski definition) is 5. The van der Waals surface area contributed by atoms with Crippen LogP contribution in [-0.4, -0.2) is 16.0 Å². The van der Waals surface area contributed by atoms with Gasteiger partial charge in [-0.2, -0.15) is 0 Å². The fourth-order valence-electron chi connectivity index (χ4n) is 4.19. The number of ether oxygens (including phenoxy) is 1. The molecule has 1 heterocycles. The third-order valence-corrected chi connectivity index (χ3v) is 6.33. The van der Waals surface area contributed by atoms with E-state index in [0.29, 0.717) is 23.8 Å². The van der Waals surface area contributed by atoms with Crippen LogP contribution in [0.2, 0.25) is 0 Å². The number of nitrogens with zero attached hydrogens (tertiary/aromatic N) is 1. The van der Waals surface area contributed by atoms with Crippen LogP contribution in [0.5, 0.6) is 5.75 Å². The fourth-order valence-corrected chi connectivity index (χ4v) is 4.39. The van der Waals surface area contributed by atoms with Crippen molar-refractivity contribution in [2.75, 3.05) is 5.32 Å². The minimum absolute atomic E-state index is 0.190. The zero-order chi connectivity index (χ0) is 26.6. The van der Waals surface area contributed by atoms with E-state index in [-0.39, 0.29) is 11.0 Å². The van der Waals surface area contributed by atoms with E-state index in [4.69, 9.17) is 21.4 Å². The summed E-state index contributed by atoms with van der Waals surface area (Å²) in [5.74, 6) is 0.804. The molecule has 5 aromatic rings. The van der Waals surface area contributed by atoms with Gasteiger partial charge >= 0.3 is 0 Å². The van der Waals surface area contributed by atoms with Crippen LogP contribution in [0, 0.1) is 20.8 Å². The molecule has 0 aliphatic heterocycles. The first-order chi connectivity index (χ1) is 18.4. The first kappa shape index (κ1) is 25.2. The molecule has 5 rings (SSSR count). The molecular formula is C31H27N3O3S. The van der Waals surface area contributed by atoms with Crippen molar-refractivity contribution < 1.29 is 13.9 Å². The van der Waals surface area contributed by atoms with Crippen molar-refractivity contribution in [2.24, 2.45) is 0 Å². The van der Waals surface area contributed by atoms with E-state index in [1.54, 1.807) is 18.2 Å². The van der Waals surface area contributed by atoms with Gasteiger partial charge in [-0.25, -0.2) is 4.98 Å². The van der Waals surface area contributed by atoms with Crippen LogP contribution >= 0.6 is 12.2 Å². The third-order valence-electron chi connectivity index (χ3n) is 6.12. The lowest BCUT2D eigenvalue weighted by Crippen LogP contribution is -2.34. The topological polar surface area (TPSA) is 76.4 Å². The average molecular weight is 522 g/mol. The van der Waals surface area contributed by atoms with E-state index < -0.39 is 0 Å².